The van der Waals surface area contributed by atoms with Crippen molar-refractivity contribution < 1.29 is 14.7 Å². The smallest absolute Gasteiger partial charge is 0.335 e. The first-order valence-electron chi connectivity index (χ1n) is 5.81. The highest BCUT2D eigenvalue weighted by Crippen LogP contribution is 2.28. The van der Waals surface area contributed by atoms with Gasteiger partial charge in [0.1, 0.15) is 0 Å². The molecule has 0 aliphatic carbocycles. The number of aldehydes is 1. The Labute approximate surface area is 105 Å². The maximum atomic E-state index is 11.2. The predicted molar refractivity (Wildman–Crippen MR) is 69.4 cm³/mol. The maximum absolute atomic E-state index is 11.2. The highest BCUT2D eigenvalue weighted by molar-refractivity contribution is 6.04. The van der Waals surface area contributed by atoms with E-state index in [1.54, 1.807) is 12.1 Å². The lowest BCUT2D eigenvalue weighted by Crippen LogP contribution is -2.00. The van der Waals surface area contributed by atoms with Crippen LogP contribution >= 0.6 is 0 Å². The SMILES string of the molecule is CCc1cc(C(=O)O)cc2c(C=O)c(C)n(C)c12. The van der Waals surface area contributed by atoms with Gasteiger partial charge in [-0.25, -0.2) is 4.79 Å². The molecule has 0 atom stereocenters. The number of carbonyl (C=O) groups excluding carboxylic acids is 1. The number of rotatable bonds is 3. The van der Waals surface area contributed by atoms with Crippen LogP contribution in [-0.2, 0) is 13.5 Å². The minimum absolute atomic E-state index is 0.230. The number of carboxylic acid groups (broad SMARTS) is 1. The summed E-state index contributed by atoms with van der Waals surface area (Å²) in [5, 5.41) is 9.83. The summed E-state index contributed by atoms with van der Waals surface area (Å²) >= 11 is 0. The van der Waals surface area contributed by atoms with E-state index in [0.717, 1.165) is 34.9 Å². The molecule has 4 nitrogen and oxygen atoms in total. The van der Waals surface area contributed by atoms with Gasteiger partial charge in [-0.1, -0.05) is 6.92 Å². The first-order chi connectivity index (χ1) is 8.51. The maximum Gasteiger partial charge on any atom is 0.335 e. The van der Waals surface area contributed by atoms with E-state index >= 15 is 0 Å². The third-order valence-electron chi connectivity index (χ3n) is 3.45. The minimum atomic E-state index is -0.968. The third-order valence-corrected chi connectivity index (χ3v) is 3.45. The fourth-order valence-electron chi connectivity index (χ4n) is 2.38. The Hall–Kier alpha value is -2.10. The zero-order chi connectivity index (χ0) is 13.4. The number of aryl methyl sites for hydroxylation is 2. The van der Waals surface area contributed by atoms with Gasteiger partial charge in [0.05, 0.1) is 11.1 Å². The van der Waals surface area contributed by atoms with Crippen molar-refractivity contribution in [3.63, 3.8) is 0 Å². The number of benzene rings is 1. The number of carbonyl (C=O) groups is 2. The van der Waals surface area contributed by atoms with E-state index in [2.05, 4.69) is 0 Å². The second kappa shape index (κ2) is 4.29. The summed E-state index contributed by atoms with van der Waals surface area (Å²) < 4.78 is 1.95. The van der Waals surface area contributed by atoms with Crippen LogP contribution in [0.5, 0.6) is 0 Å². The van der Waals surface area contributed by atoms with Crippen LogP contribution < -0.4 is 0 Å². The van der Waals surface area contributed by atoms with Crippen molar-refractivity contribution in [2.45, 2.75) is 20.3 Å². The van der Waals surface area contributed by atoms with Crippen molar-refractivity contribution in [1.29, 1.82) is 0 Å². The molecule has 18 heavy (non-hydrogen) atoms. The van der Waals surface area contributed by atoms with Gasteiger partial charge in [-0.05, 0) is 31.0 Å². The first-order valence-corrected chi connectivity index (χ1v) is 5.81. The van der Waals surface area contributed by atoms with Gasteiger partial charge in [0.2, 0.25) is 0 Å². The Morgan fingerprint density at radius 3 is 2.61 bits per heavy atom. The molecule has 0 aliphatic heterocycles. The molecule has 2 aromatic rings. The van der Waals surface area contributed by atoms with Crippen molar-refractivity contribution >= 4 is 23.2 Å². The average Bonchev–Trinajstić information content (AvgIpc) is 2.60. The molecule has 0 unspecified atom stereocenters. The van der Waals surface area contributed by atoms with E-state index in [-0.39, 0.29) is 5.56 Å². The fourth-order valence-corrected chi connectivity index (χ4v) is 2.38. The van der Waals surface area contributed by atoms with Gasteiger partial charge in [0.25, 0.3) is 0 Å². The highest BCUT2D eigenvalue weighted by Gasteiger charge is 2.17. The van der Waals surface area contributed by atoms with Crippen molar-refractivity contribution in [1.82, 2.24) is 4.57 Å². The van der Waals surface area contributed by atoms with Gasteiger partial charge >= 0.3 is 5.97 Å². The largest absolute Gasteiger partial charge is 0.478 e. The Morgan fingerprint density at radius 2 is 2.11 bits per heavy atom. The lowest BCUT2D eigenvalue weighted by atomic mass is 10.0. The van der Waals surface area contributed by atoms with Crippen LogP contribution in [0.25, 0.3) is 10.9 Å². The lowest BCUT2D eigenvalue weighted by Gasteiger charge is -2.06. The summed E-state index contributed by atoms with van der Waals surface area (Å²) in [5.41, 5.74) is 3.56. The molecule has 0 amide bonds. The van der Waals surface area contributed by atoms with E-state index in [1.807, 2.05) is 25.5 Å². The first kappa shape index (κ1) is 12.4. The molecule has 1 aromatic heterocycles. The molecule has 1 heterocycles. The van der Waals surface area contributed by atoms with Crippen LogP contribution in [0.3, 0.4) is 0 Å². The minimum Gasteiger partial charge on any atom is -0.478 e. The zero-order valence-corrected chi connectivity index (χ0v) is 10.7. The number of nitrogens with zero attached hydrogens (tertiary/aromatic N) is 1. The van der Waals surface area contributed by atoms with E-state index < -0.39 is 5.97 Å². The second-order valence-corrected chi connectivity index (χ2v) is 4.37. The summed E-state index contributed by atoms with van der Waals surface area (Å²) in [6, 6.07) is 3.26. The number of aromatic carboxylic acids is 1. The molecule has 0 spiro atoms. The van der Waals surface area contributed by atoms with Crippen LogP contribution in [-0.4, -0.2) is 21.9 Å². The molecule has 0 fully saturated rings. The second-order valence-electron chi connectivity index (χ2n) is 4.37. The van der Waals surface area contributed by atoms with Gasteiger partial charge < -0.3 is 9.67 Å². The quantitative estimate of drug-likeness (QED) is 0.845. The van der Waals surface area contributed by atoms with Gasteiger partial charge in [-0.2, -0.15) is 0 Å². The Kier molecular flexibility index (Phi) is 2.95. The third kappa shape index (κ3) is 1.61. The molecule has 1 N–H and O–H groups in total. The molecule has 0 bridgehead atoms. The number of carboxylic acids is 1. The topological polar surface area (TPSA) is 59.3 Å². The van der Waals surface area contributed by atoms with Gasteiger partial charge in [-0.3, -0.25) is 4.79 Å². The Morgan fingerprint density at radius 1 is 1.44 bits per heavy atom. The molecule has 0 aliphatic rings. The molecular weight excluding hydrogens is 230 g/mol. The summed E-state index contributed by atoms with van der Waals surface area (Å²) in [6.45, 7) is 3.84. The number of hydrogen-bond donors (Lipinski definition) is 1. The molecule has 1 aromatic carbocycles. The number of aromatic nitrogens is 1. The molecular formula is C14H15NO3. The van der Waals surface area contributed by atoms with Gasteiger partial charge in [0, 0.05) is 23.7 Å². The normalized spacial score (nSPS) is 10.8. The molecule has 2 rings (SSSR count). The van der Waals surface area contributed by atoms with Crippen molar-refractivity contribution in [2.24, 2.45) is 7.05 Å². The lowest BCUT2D eigenvalue weighted by molar-refractivity contribution is 0.0696. The van der Waals surface area contributed by atoms with Crippen LogP contribution in [0.1, 0.15) is 38.9 Å². The Bertz CT molecular complexity index is 653. The van der Waals surface area contributed by atoms with E-state index in [4.69, 9.17) is 5.11 Å². The molecule has 0 saturated heterocycles. The van der Waals surface area contributed by atoms with Crippen LogP contribution in [0.4, 0.5) is 0 Å². The predicted octanol–water partition coefficient (Wildman–Crippen LogP) is 2.56. The summed E-state index contributed by atoms with van der Waals surface area (Å²) in [6.07, 6.45) is 1.52. The Balaban J connectivity index is 2.96. The van der Waals surface area contributed by atoms with E-state index in [0.29, 0.717) is 5.56 Å². The van der Waals surface area contributed by atoms with E-state index in [9.17, 15) is 9.59 Å². The van der Waals surface area contributed by atoms with Crippen molar-refractivity contribution in [3.05, 3.63) is 34.5 Å². The van der Waals surface area contributed by atoms with Crippen LogP contribution in [0, 0.1) is 6.92 Å². The monoisotopic (exact) mass is 245 g/mol. The van der Waals surface area contributed by atoms with Crippen LogP contribution in [0.2, 0.25) is 0 Å². The van der Waals surface area contributed by atoms with Crippen LogP contribution in [0.15, 0.2) is 12.1 Å². The van der Waals surface area contributed by atoms with Gasteiger partial charge in [-0.15, -0.1) is 0 Å². The summed E-state index contributed by atoms with van der Waals surface area (Å²) in [5.74, 6) is -0.968. The molecule has 4 heteroatoms. The summed E-state index contributed by atoms with van der Waals surface area (Å²) in [7, 11) is 1.89. The number of hydrogen-bond acceptors (Lipinski definition) is 2. The fraction of sp³-hybridized carbons (Fsp3) is 0.286. The molecule has 94 valence electrons. The van der Waals surface area contributed by atoms with Gasteiger partial charge in [0.15, 0.2) is 6.29 Å². The number of fused-ring (bicyclic) bond motifs is 1. The average molecular weight is 245 g/mol. The van der Waals surface area contributed by atoms with Crippen molar-refractivity contribution in [2.75, 3.05) is 0 Å². The standard InChI is InChI=1S/C14H15NO3/c1-4-9-5-10(14(17)18)6-11-12(7-16)8(2)15(3)13(9)11/h5-7H,4H2,1-3H3,(H,17,18). The molecule has 0 radical (unpaired) electrons. The molecule has 0 saturated carbocycles. The van der Waals surface area contributed by atoms with E-state index in [1.165, 1.54) is 0 Å². The zero-order valence-electron chi connectivity index (χ0n) is 10.7. The summed E-state index contributed by atoms with van der Waals surface area (Å²) in [4.78, 5) is 22.3. The highest BCUT2D eigenvalue weighted by atomic mass is 16.4. The van der Waals surface area contributed by atoms with Crippen molar-refractivity contribution in [3.8, 4) is 0 Å².